The first-order valence-electron chi connectivity index (χ1n) is 6.92. The van der Waals surface area contributed by atoms with Crippen molar-refractivity contribution in [3.05, 3.63) is 58.9 Å². The van der Waals surface area contributed by atoms with E-state index in [0.29, 0.717) is 5.92 Å². The molecule has 1 aromatic carbocycles. The van der Waals surface area contributed by atoms with Gasteiger partial charge in [0.1, 0.15) is 0 Å². The molecule has 3 rings (SSSR count). The normalized spacial score (nSPS) is 12.9. The molecule has 0 fully saturated rings. The second-order valence-corrected chi connectivity index (χ2v) is 6.02. The molecular formula is C16H19N3S. The van der Waals surface area contributed by atoms with Crippen molar-refractivity contribution >= 4 is 16.3 Å². The van der Waals surface area contributed by atoms with E-state index in [9.17, 15) is 0 Å². The predicted molar refractivity (Wildman–Crippen MR) is 84.4 cm³/mol. The summed E-state index contributed by atoms with van der Waals surface area (Å²) in [5.41, 5.74) is 3.77. The van der Waals surface area contributed by atoms with E-state index in [1.165, 1.54) is 11.3 Å². The molecule has 1 atom stereocenters. The Morgan fingerprint density at radius 3 is 2.90 bits per heavy atom. The van der Waals surface area contributed by atoms with Gasteiger partial charge in [-0.15, -0.1) is 11.3 Å². The summed E-state index contributed by atoms with van der Waals surface area (Å²) in [5, 5.41) is 5.63. The van der Waals surface area contributed by atoms with Crippen LogP contribution in [-0.4, -0.2) is 15.9 Å². The van der Waals surface area contributed by atoms with Crippen molar-refractivity contribution in [3.63, 3.8) is 0 Å². The molecule has 104 valence electrons. The average molecular weight is 285 g/mol. The number of aromatic nitrogens is 2. The SMILES string of the molecule is Cc1nc2sccn2c1CNCC(C)c1ccccc1. The Labute approximate surface area is 123 Å². The van der Waals surface area contributed by atoms with E-state index in [1.807, 2.05) is 0 Å². The lowest BCUT2D eigenvalue weighted by molar-refractivity contribution is 0.605. The van der Waals surface area contributed by atoms with Gasteiger partial charge in [-0.2, -0.15) is 0 Å². The fourth-order valence-electron chi connectivity index (χ4n) is 2.46. The van der Waals surface area contributed by atoms with Crippen molar-refractivity contribution in [2.45, 2.75) is 26.3 Å². The van der Waals surface area contributed by atoms with E-state index in [2.05, 4.69) is 70.5 Å². The largest absolute Gasteiger partial charge is 0.311 e. The number of benzene rings is 1. The van der Waals surface area contributed by atoms with E-state index in [1.54, 1.807) is 11.3 Å². The van der Waals surface area contributed by atoms with Gasteiger partial charge in [0.15, 0.2) is 4.96 Å². The van der Waals surface area contributed by atoms with Crippen LogP contribution in [0.25, 0.3) is 4.96 Å². The summed E-state index contributed by atoms with van der Waals surface area (Å²) >= 11 is 1.68. The van der Waals surface area contributed by atoms with Gasteiger partial charge in [-0.3, -0.25) is 4.40 Å². The Bertz CT molecular complexity index is 684. The number of hydrogen-bond acceptors (Lipinski definition) is 3. The molecule has 3 nitrogen and oxygen atoms in total. The van der Waals surface area contributed by atoms with E-state index in [4.69, 9.17) is 0 Å². The van der Waals surface area contributed by atoms with Crippen molar-refractivity contribution in [2.24, 2.45) is 0 Å². The number of fused-ring (bicyclic) bond motifs is 1. The highest BCUT2D eigenvalue weighted by Gasteiger charge is 2.10. The summed E-state index contributed by atoms with van der Waals surface area (Å²) in [5.74, 6) is 0.516. The van der Waals surface area contributed by atoms with Gasteiger partial charge in [0.2, 0.25) is 0 Å². The zero-order valence-electron chi connectivity index (χ0n) is 11.8. The van der Waals surface area contributed by atoms with Crippen LogP contribution >= 0.6 is 11.3 Å². The van der Waals surface area contributed by atoms with Crippen LogP contribution in [0, 0.1) is 6.92 Å². The van der Waals surface area contributed by atoms with Crippen LogP contribution in [0.4, 0.5) is 0 Å². The third-order valence-electron chi connectivity index (χ3n) is 3.67. The molecule has 4 heteroatoms. The number of nitrogens with zero attached hydrogens (tertiary/aromatic N) is 2. The van der Waals surface area contributed by atoms with Gasteiger partial charge in [-0.1, -0.05) is 37.3 Å². The minimum atomic E-state index is 0.516. The van der Waals surface area contributed by atoms with E-state index >= 15 is 0 Å². The molecule has 0 spiro atoms. The van der Waals surface area contributed by atoms with Crippen molar-refractivity contribution < 1.29 is 0 Å². The van der Waals surface area contributed by atoms with Gasteiger partial charge >= 0.3 is 0 Å². The van der Waals surface area contributed by atoms with Crippen molar-refractivity contribution in [1.82, 2.24) is 14.7 Å². The maximum atomic E-state index is 4.57. The van der Waals surface area contributed by atoms with Gasteiger partial charge in [0.25, 0.3) is 0 Å². The minimum absolute atomic E-state index is 0.516. The van der Waals surface area contributed by atoms with Crippen LogP contribution in [0.5, 0.6) is 0 Å². The minimum Gasteiger partial charge on any atom is -0.311 e. The van der Waals surface area contributed by atoms with Crippen LogP contribution in [-0.2, 0) is 6.54 Å². The summed E-state index contributed by atoms with van der Waals surface area (Å²) in [7, 11) is 0. The Balaban J connectivity index is 1.63. The van der Waals surface area contributed by atoms with Gasteiger partial charge in [0, 0.05) is 24.7 Å². The quantitative estimate of drug-likeness (QED) is 0.776. The van der Waals surface area contributed by atoms with Gasteiger partial charge < -0.3 is 5.32 Å². The summed E-state index contributed by atoms with van der Waals surface area (Å²) in [6, 6.07) is 10.6. The second kappa shape index (κ2) is 5.77. The number of hydrogen-bond donors (Lipinski definition) is 1. The maximum absolute atomic E-state index is 4.57. The lowest BCUT2D eigenvalue weighted by Crippen LogP contribution is -2.20. The Kier molecular flexibility index (Phi) is 3.85. The molecule has 20 heavy (non-hydrogen) atoms. The lowest BCUT2D eigenvalue weighted by Gasteiger charge is -2.13. The monoisotopic (exact) mass is 285 g/mol. The Hall–Kier alpha value is -1.65. The summed E-state index contributed by atoms with van der Waals surface area (Å²) in [4.78, 5) is 5.65. The fourth-order valence-corrected chi connectivity index (χ4v) is 3.24. The molecule has 1 unspecified atom stereocenters. The molecule has 0 amide bonds. The highest BCUT2D eigenvalue weighted by Crippen LogP contribution is 2.17. The van der Waals surface area contributed by atoms with Crippen LogP contribution in [0.3, 0.4) is 0 Å². The zero-order valence-corrected chi connectivity index (χ0v) is 12.7. The van der Waals surface area contributed by atoms with Crippen LogP contribution in [0.2, 0.25) is 0 Å². The van der Waals surface area contributed by atoms with Crippen LogP contribution in [0.15, 0.2) is 41.9 Å². The van der Waals surface area contributed by atoms with E-state index in [0.717, 1.165) is 23.7 Å². The maximum Gasteiger partial charge on any atom is 0.194 e. The first-order valence-corrected chi connectivity index (χ1v) is 7.80. The Morgan fingerprint density at radius 1 is 1.30 bits per heavy atom. The first-order chi connectivity index (χ1) is 9.75. The van der Waals surface area contributed by atoms with Crippen LogP contribution < -0.4 is 5.32 Å². The number of aryl methyl sites for hydroxylation is 1. The predicted octanol–water partition coefficient (Wildman–Crippen LogP) is 3.60. The Morgan fingerprint density at radius 2 is 2.10 bits per heavy atom. The molecule has 0 aliphatic heterocycles. The second-order valence-electron chi connectivity index (χ2n) is 5.14. The third kappa shape index (κ3) is 2.62. The van der Waals surface area contributed by atoms with Gasteiger partial charge in [0.05, 0.1) is 11.4 Å². The smallest absolute Gasteiger partial charge is 0.194 e. The molecule has 3 aromatic rings. The fraction of sp³-hybridized carbons (Fsp3) is 0.312. The van der Waals surface area contributed by atoms with Gasteiger partial charge in [-0.25, -0.2) is 4.98 Å². The highest BCUT2D eigenvalue weighted by atomic mass is 32.1. The zero-order chi connectivity index (χ0) is 13.9. The number of thiazole rings is 1. The average Bonchev–Trinajstić information content (AvgIpc) is 3.02. The molecule has 1 N–H and O–H groups in total. The molecule has 0 bridgehead atoms. The third-order valence-corrected chi connectivity index (χ3v) is 4.43. The van der Waals surface area contributed by atoms with Gasteiger partial charge in [-0.05, 0) is 18.4 Å². The lowest BCUT2D eigenvalue weighted by atomic mass is 10.0. The van der Waals surface area contributed by atoms with Crippen molar-refractivity contribution in [1.29, 1.82) is 0 Å². The first kappa shape index (κ1) is 13.3. The molecular weight excluding hydrogens is 266 g/mol. The van der Waals surface area contributed by atoms with Crippen molar-refractivity contribution in [3.8, 4) is 0 Å². The highest BCUT2D eigenvalue weighted by molar-refractivity contribution is 7.15. The number of rotatable bonds is 5. The van der Waals surface area contributed by atoms with Crippen LogP contribution in [0.1, 0.15) is 29.8 Å². The van der Waals surface area contributed by atoms with Crippen molar-refractivity contribution in [2.75, 3.05) is 6.54 Å². The van der Waals surface area contributed by atoms with E-state index in [-0.39, 0.29) is 0 Å². The number of imidazole rings is 1. The molecule has 2 heterocycles. The molecule has 0 radical (unpaired) electrons. The molecule has 0 aliphatic rings. The summed E-state index contributed by atoms with van der Waals surface area (Å²) in [6.07, 6.45) is 2.09. The summed E-state index contributed by atoms with van der Waals surface area (Å²) in [6.45, 7) is 6.17. The molecule has 2 aromatic heterocycles. The number of nitrogens with one attached hydrogen (secondary N) is 1. The molecule has 0 saturated carbocycles. The topological polar surface area (TPSA) is 29.3 Å². The molecule has 0 aliphatic carbocycles. The van der Waals surface area contributed by atoms with E-state index < -0.39 is 0 Å². The standard InChI is InChI=1S/C16H19N3S/c1-12(14-6-4-3-5-7-14)10-17-11-15-13(2)18-16-19(15)8-9-20-16/h3-9,12,17H,10-11H2,1-2H3. The molecule has 0 saturated heterocycles. The summed E-state index contributed by atoms with van der Waals surface area (Å²) < 4.78 is 2.18.